The van der Waals surface area contributed by atoms with Gasteiger partial charge in [-0.05, 0) is 44.9 Å². The third-order valence-corrected chi connectivity index (χ3v) is 5.88. The van der Waals surface area contributed by atoms with Crippen LogP contribution in [0.15, 0.2) is 48.5 Å². The first-order chi connectivity index (χ1) is 15.0. The first kappa shape index (κ1) is 19.2. The third kappa shape index (κ3) is 2.86. The Morgan fingerprint density at radius 1 is 1.16 bits per heavy atom. The number of rotatable bonds is 5. The maximum Gasteiger partial charge on any atom is 0.179 e. The van der Waals surface area contributed by atoms with Crippen LogP contribution in [0.4, 0.5) is 0 Å². The molecule has 0 atom stereocenters. The summed E-state index contributed by atoms with van der Waals surface area (Å²) >= 11 is 0. The van der Waals surface area contributed by atoms with Crippen LogP contribution >= 0.6 is 0 Å². The van der Waals surface area contributed by atoms with Crippen LogP contribution in [0.1, 0.15) is 43.8 Å². The fourth-order valence-electron chi connectivity index (χ4n) is 4.29. The van der Waals surface area contributed by atoms with E-state index in [-0.39, 0.29) is 16.9 Å². The summed E-state index contributed by atoms with van der Waals surface area (Å²) in [6.07, 6.45) is 5.40. The van der Waals surface area contributed by atoms with Crippen molar-refractivity contribution in [3.8, 4) is 5.75 Å². The molecule has 8 nitrogen and oxygen atoms in total. The highest BCUT2D eigenvalue weighted by Gasteiger charge is 2.51. The molecule has 8 heteroatoms. The summed E-state index contributed by atoms with van der Waals surface area (Å²) in [5, 5.41) is 27.2. The second-order valence-corrected chi connectivity index (χ2v) is 7.90. The van der Waals surface area contributed by atoms with Gasteiger partial charge in [-0.1, -0.05) is 6.07 Å². The number of aliphatic hydroxyl groups excluding tert-OH is 1. The van der Waals surface area contributed by atoms with Gasteiger partial charge in [0.1, 0.15) is 11.6 Å². The van der Waals surface area contributed by atoms with E-state index in [2.05, 4.69) is 20.2 Å². The Kier molecular flexibility index (Phi) is 4.25. The molecule has 5 rings (SSSR count). The SMILES string of the molecule is COc1cc2c(cc1/C(C(C)=N)=C(\C)O)ncc1nnc(C3(c4ccccn4)CC3)n12. The molecule has 3 heterocycles. The van der Waals surface area contributed by atoms with Gasteiger partial charge in [-0.15, -0.1) is 10.2 Å². The van der Waals surface area contributed by atoms with Gasteiger partial charge in [0.2, 0.25) is 0 Å². The van der Waals surface area contributed by atoms with Crippen LogP contribution < -0.4 is 4.74 Å². The van der Waals surface area contributed by atoms with Crippen molar-refractivity contribution in [2.45, 2.75) is 32.1 Å². The molecule has 1 fully saturated rings. The average molecular weight is 414 g/mol. The molecule has 0 aliphatic heterocycles. The van der Waals surface area contributed by atoms with E-state index in [4.69, 9.17) is 10.1 Å². The first-order valence-electron chi connectivity index (χ1n) is 10.1. The van der Waals surface area contributed by atoms with Crippen LogP contribution in [0, 0.1) is 5.41 Å². The van der Waals surface area contributed by atoms with Gasteiger partial charge in [-0.25, -0.2) is 0 Å². The minimum Gasteiger partial charge on any atom is -0.512 e. The van der Waals surface area contributed by atoms with Gasteiger partial charge in [-0.3, -0.25) is 14.4 Å². The van der Waals surface area contributed by atoms with Crippen molar-refractivity contribution in [1.29, 1.82) is 5.41 Å². The van der Waals surface area contributed by atoms with Gasteiger partial charge in [0, 0.05) is 29.1 Å². The maximum absolute atomic E-state index is 10.2. The van der Waals surface area contributed by atoms with Crippen molar-refractivity contribution in [1.82, 2.24) is 24.6 Å². The Morgan fingerprint density at radius 2 is 1.97 bits per heavy atom. The van der Waals surface area contributed by atoms with Crippen molar-refractivity contribution >= 4 is 28.0 Å². The number of nitrogens with zero attached hydrogens (tertiary/aromatic N) is 5. The Hall–Kier alpha value is -3.81. The standard InChI is InChI=1S/C23H22N6O2/c1-13(24)21(14(2)30)15-10-16-17(11-18(15)31-3)29-20(12-26-16)27-28-22(29)23(7-8-23)19-6-4-5-9-25-19/h4-6,9-12,24,30H,7-8H2,1-3H3/b21-14+,24-13?. The van der Waals surface area contributed by atoms with Crippen molar-refractivity contribution in [2.24, 2.45) is 0 Å². The van der Waals surface area contributed by atoms with Crippen molar-refractivity contribution in [3.63, 3.8) is 0 Å². The van der Waals surface area contributed by atoms with Crippen molar-refractivity contribution < 1.29 is 9.84 Å². The molecule has 0 saturated heterocycles. The van der Waals surface area contributed by atoms with Gasteiger partial charge < -0.3 is 15.3 Å². The fraction of sp³-hybridized carbons (Fsp3) is 0.261. The molecule has 0 bridgehead atoms. The molecular formula is C23H22N6O2. The number of allylic oxidation sites excluding steroid dienone is 2. The minimum atomic E-state index is -0.265. The lowest BCUT2D eigenvalue weighted by atomic mass is 9.98. The van der Waals surface area contributed by atoms with E-state index in [0.29, 0.717) is 28.0 Å². The van der Waals surface area contributed by atoms with Gasteiger partial charge in [0.05, 0.1) is 41.2 Å². The molecule has 0 spiro atoms. The molecule has 0 amide bonds. The van der Waals surface area contributed by atoms with E-state index >= 15 is 0 Å². The molecular weight excluding hydrogens is 392 g/mol. The summed E-state index contributed by atoms with van der Waals surface area (Å²) in [7, 11) is 1.57. The monoisotopic (exact) mass is 414 g/mol. The zero-order valence-corrected chi connectivity index (χ0v) is 17.5. The number of pyridine rings is 1. The molecule has 1 aliphatic rings. The van der Waals surface area contributed by atoms with Crippen LogP contribution in [0.5, 0.6) is 5.75 Å². The second kappa shape index (κ2) is 6.87. The molecule has 4 aromatic rings. The maximum atomic E-state index is 10.2. The smallest absolute Gasteiger partial charge is 0.179 e. The van der Waals surface area contributed by atoms with Crippen LogP contribution in [-0.2, 0) is 5.41 Å². The van der Waals surface area contributed by atoms with E-state index in [1.165, 1.54) is 0 Å². The van der Waals surface area contributed by atoms with E-state index in [0.717, 1.165) is 29.9 Å². The number of ether oxygens (including phenoxy) is 1. The Balaban J connectivity index is 1.80. The highest BCUT2D eigenvalue weighted by atomic mass is 16.5. The topological polar surface area (TPSA) is 109 Å². The molecule has 1 aromatic carbocycles. The third-order valence-electron chi connectivity index (χ3n) is 5.88. The number of hydrogen-bond donors (Lipinski definition) is 2. The number of methoxy groups -OCH3 is 1. The highest BCUT2D eigenvalue weighted by Crippen LogP contribution is 2.52. The van der Waals surface area contributed by atoms with Gasteiger partial charge >= 0.3 is 0 Å². The molecule has 0 radical (unpaired) electrons. The van der Waals surface area contributed by atoms with Gasteiger partial charge in [0.15, 0.2) is 5.65 Å². The summed E-state index contributed by atoms with van der Waals surface area (Å²) in [6.45, 7) is 3.20. The summed E-state index contributed by atoms with van der Waals surface area (Å²) in [5.74, 6) is 1.43. The fourth-order valence-corrected chi connectivity index (χ4v) is 4.29. The molecule has 1 saturated carbocycles. The zero-order valence-electron chi connectivity index (χ0n) is 17.5. The second-order valence-electron chi connectivity index (χ2n) is 7.90. The lowest BCUT2D eigenvalue weighted by Gasteiger charge is -2.16. The van der Waals surface area contributed by atoms with Crippen LogP contribution in [0.2, 0.25) is 0 Å². The summed E-state index contributed by atoms with van der Waals surface area (Å²) in [5.41, 5.74) is 4.16. The average Bonchev–Trinajstić information content (AvgIpc) is 3.45. The predicted octanol–water partition coefficient (Wildman–Crippen LogP) is 4.09. The van der Waals surface area contributed by atoms with Crippen molar-refractivity contribution in [3.05, 3.63) is 65.6 Å². The van der Waals surface area contributed by atoms with Crippen molar-refractivity contribution in [2.75, 3.05) is 7.11 Å². The number of nitrogens with one attached hydrogen (secondary N) is 1. The number of benzene rings is 1. The predicted molar refractivity (Wildman–Crippen MR) is 118 cm³/mol. The van der Waals surface area contributed by atoms with E-state index in [1.807, 2.05) is 34.7 Å². The van der Waals surface area contributed by atoms with E-state index < -0.39 is 0 Å². The highest BCUT2D eigenvalue weighted by molar-refractivity contribution is 6.22. The zero-order chi connectivity index (χ0) is 21.8. The van der Waals surface area contributed by atoms with Crippen LogP contribution in [-0.4, -0.2) is 42.5 Å². The lowest BCUT2D eigenvalue weighted by Crippen LogP contribution is -2.15. The molecule has 3 aromatic heterocycles. The Bertz CT molecular complexity index is 1370. The summed E-state index contributed by atoms with van der Waals surface area (Å²) < 4.78 is 7.67. The summed E-state index contributed by atoms with van der Waals surface area (Å²) in [6, 6.07) is 9.64. The van der Waals surface area contributed by atoms with Gasteiger partial charge in [0.25, 0.3) is 0 Å². The van der Waals surface area contributed by atoms with Crippen LogP contribution in [0.25, 0.3) is 22.3 Å². The number of fused-ring (bicyclic) bond motifs is 3. The number of hydrogen-bond acceptors (Lipinski definition) is 7. The molecule has 2 N–H and O–H groups in total. The quantitative estimate of drug-likeness (QED) is 0.376. The number of aliphatic hydroxyl groups is 1. The largest absolute Gasteiger partial charge is 0.512 e. The minimum absolute atomic E-state index is 0.0586. The number of aromatic nitrogens is 5. The molecule has 156 valence electrons. The van der Waals surface area contributed by atoms with E-state index in [1.54, 1.807) is 33.4 Å². The Morgan fingerprint density at radius 3 is 2.58 bits per heavy atom. The van der Waals surface area contributed by atoms with E-state index in [9.17, 15) is 5.11 Å². The lowest BCUT2D eigenvalue weighted by molar-refractivity contribution is 0.409. The first-order valence-corrected chi connectivity index (χ1v) is 10.1. The van der Waals surface area contributed by atoms with Gasteiger partial charge in [-0.2, -0.15) is 0 Å². The summed E-state index contributed by atoms with van der Waals surface area (Å²) in [4.78, 5) is 9.15. The normalized spacial score (nSPS) is 15.7. The molecule has 31 heavy (non-hydrogen) atoms. The molecule has 0 unspecified atom stereocenters. The Labute approximate surface area is 178 Å². The van der Waals surface area contributed by atoms with Crippen LogP contribution in [0.3, 0.4) is 0 Å². The molecule has 1 aliphatic carbocycles.